The van der Waals surface area contributed by atoms with E-state index in [9.17, 15) is 0 Å². The van der Waals surface area contributed by atoms with Gasteiger partial charge in [0.15, 0.2) is 5.96 Å². The summed E-state index contributed by atoms with van der Waals surface area (Å²) in [6.07, 6.45) is 3.34. The monoisotopic (exact) mass is 184 g/mol. The van der Waals surface area contributed by atoms with Crippen molar-refractivity contribution in [2.45, 2.75) is 38.3 Å². The van der Waals surface area contributed by atoms with Crippen LogP contribution in [0.25, 0.3) is 0 Å². The topological polar surface area (TPSA) is 62.4 Å². The van der Waals surface area contributed by atoms with Gasteiger partial charge in [-0.3, -0.25) is 4.99 Å². The first-order chi connectivity index (χ1) is 6.26. The number of hydrogen-bond donors (Lipinski definition) is 3. The number of hydrogen-bond acceptors (Lipinski definition) is 2. The minimum Gasteiger partial charge on any atom is -0.359 e. The minimum absolute atomic E-state index is 0.372. The molecule has 0 radical (unpaired) electrons. The molecular formula is C9H20N4. The zero-order valence-electron chi connectivity index (χ0n) is 8.51. The summed E-state index contributed by atoms with van der Waals surface area (Å²) in [4.78, 5) is 4.28. The maximum Gasteiger partial charge on any atom is 0.191 e. The van der Waals surface area contributed by atoms with Crippen LogP contribution in [0.2, 0.25) is 0 Å². The lowest BCUT2D eigenvalue weighted by Gasteiger charge is -2.15. The van der Waals surface area contributed by atoms with Crippen LogP contribution in [0, 0.1) is 0 Å². The van der Waals surface area contributed by atoms with Crippen molar-refractivity contribution in [1.29, 1.82) is 0 Å². The van der Waals surface area contributed by atoms with Gasteiger partial charge in [-0.05, 0) is 26.2 Å². The molecule has 0 unspecified atom stereocenters. The molecule has 0 heterocycles. The molecule has 0 saturated heterocycles. The average Bonchev–Trinajstić information content (AvgIpc) is 2.50. The molecule has 0 aromatic heterocycles. The highest BCUT2D eigenvalue weighted by Crippen LogP contribution is 2.16. The molecule has 4 nitrogen and oxygen atoms in total. The van der Waals surface area contributed by atoms with E-state index >= 15 is 0 Å². The van der Waals surface area contributed by atoms with Gasteiger partial charge in [0.1, 0.15) is 0 Å². The molecule has 13 heavy (non-hydrogen) atoms. The molecule has 76 valence electrons. The molecule has 0 aromatic rings. The number of guanidine groups is 1. The Morgan fingerprint density at radius 2 is 2.31 bits per heavy atom. The second kappa shape index (κ2) is 5.07. The largest absolute Gasteiger partial charge is 0.359 e. The molecule has 0 aliphatic heterocycles. The number of nitrogens with two attached hydrogens (primary N) is 1. The molecule has 1 fully saturated rings. The SMILES string of the molecule is CC/N=C(\NC)N[C@H]1CC[C@H](N)C1. The quantitative estimate of drug-likeness (QED) is 0.420. The normalized spacial score (nSPS) is 29.0. The molecule has 0 bridgehead atoms. The number of aliphatic imine (C=N–C) groups is 1. The molecule has 0 spiro atoms. The third-order valence-electron chi connectivity index (χ3n) is 2.37. The van der Waals surface area contributed by atoms with E-state index in [1.165, 1.54) is 0 Å². The van der Waals surface area contributed by atoms with Crippen LogP contribution in [0.1, 0.15) is 26.2 Å². The summed E-state index contributed by atoms with van der Waals surface area (Å²) in [6, 6.07) is 0.880. The lowest BCUT2D eigenvalue weighted by Crippen LogP contribution is -2.41. The van der Waals surface area contributed by atoms with Gasteiger partial charge < -0.3 is 16.4 Å². The summed E-state index contributed by atoms with van der Waals surface area (Å²) in [5.74, 6) is 0.890. The van der Waals surface area contributed by atoms with Crippen LogP contribution in [0.3, 0.4) is 0 Å². The lowest BCUT2D eigenvalue weighted by atomic mass is 10.2. The van der Waals surface area contributed by atoms with Crippen LogP contribution < -0.4 is 16.4 Å². The van der Waals surface area contributed by atoms with Crippen molar-refractivity contribution in [3.05, 3.63) is 0 Å². The molecule has 1 saturated carbocycles. The van der Waals surface area contributed by atoms with Crippen molar-refractivity contribution >= 4 is 5.96 Å². The van der Waals surface area contributed by atoms with Gasteiger partial charge in [-0.25, -0.2) is 0 Å². The summed E-state index contributed by atoms with van der Waals surface area (Å²) < 4.78 is 0. The predicted octanol–water partition coefficient (Wildman–Crippen LogP) is 0.0511. The molecule has 1 aliphatic carbocycles. The smallest absolute Gasteiger partial charge is 0.191 e. The molecule has 1 rings (SSSR count). The third kappa shape index (κ3) is 3.22. The summed E-state index contributed by atoms with van der Waals surface area (Å²) in [5, 5.41) is 6.40. The third-order valence-corrected chi connectivity index (χ3v) is 2.37. The second-order valence-corrected chi connectivity index (χ2v) is 3.49. The molecule has 0 amide bonds. The van der Waals surface area contributed by atoms with E-state index < -0.39 is 0 Å². The van der Waals surface area contributed by atoms with E-state index in [1.807, 2.05) is 14.0 Å². The Morgan fingerprint density at radius 1 is 1.54 bits per heavy atom. The Bertz CT molecular complexity index is 178. The fourth-order valence-electron chi connectivity index (χ4n) is 1.70. The fourth-order valence-corrected chi connectivity index (χ4v) is 1.70. The number of nitrogens with one attached hydrogen (secondary N) is 2. The Hall–Kier alpha value is -0.770. The van der Waals surface area contributed by atoms with Crippen molar-refractivity contribution in [3.63, 3.8) is 0 Å². The van der Waals surface area contributed by atoms with Crippen molar-refractivity contribution in [2.75, 3.05) is 13.6 Å². The zero-order valence-corrected chi connectivity index (χ0v) is 8.51. The molecule has 4 heteroatoms. The van der Waals surface area contributed by atoms with E-state index in [0.717, 1.165) is 31.8 Å². The Morgan fingerprint density at radius 3 is 2.77 bits per heavy atom. The van der Waals surface area contributed by atoms with Crippen LogP contribution in [0.5, 0.6) is 0 Å². The van der Waals surface area contributed by atoms with Gasteiger partial charge in [0, 0.05) is 25.7 Å². The highest BCUT2D eigenvalue weighted by atomic mass is 15.2. The molecule has 4 N–H and O–H groups in total. The number of rotatable bonds is 2. The van der Waals surface area contributed by atoms with Gasteiger partial charge in [-0.2, -0.15) is 0 Å². The van der Waals surface area contributed by atoms with E-state index in [1.54, 1.807) is 0 Å². The maximum absolute atomic E-state index is 5.82. The van der Waals surface area contributed by atoms with E-state index in [4.69, 9.17) is 5.73 Å². The molecule has 2 atom stereocenters. The minimum atomic E-state index is 0.372. The highest BCUT2D eigenvalue weighted by Gasteiger charge is 2.21. The predicted molar refractivity (Wildman–Crippen MR) is 55.8 cm³/mol. The van der Waals surface area contributed by atoms with Gasteiger partial charge in [0.2, 0.25) is 0 Å². The van der Waals surface area contributed by atoms with Gasteiger partial charge in [0.05, 0.1) is 0 Å². The van der Waals surface area contributed by atoms with Crippen molar-refractivity contribution in [2.24, 2.45) is 10.7 Å². The van der Waals surface area contributed by atoms with Crippen molar-refractivity contribution in [1.82, 2.24) is 10.6 Å². The summed E-state index contributed by atoms with van der Waals surface area (Å²) in [7, 11) is 1.89. The summed E-state index contributed by atoms with van der Waals surface area (Å²) >= 11 is 0. The van der Waals surface area contributed by atoms with Crippen molar-refractivity contribution < 1.29 is 0 Å². The van der Waals surface area contributed by atoms with Gasteiger partial charge in [0.25, 0.3) is 0 Å². The van der Waals surface area contributed by atoms with Gasteiger partial charge in [-0.15, -0.1) is 0 Å². The first-order valence-electron chi connectivity index (χ1n) is 5.00. The molecule has 1 aliphatic rings. The number of nitrogens with zero attached hydrogens (tertiary/aromatic N) is 1. The lowest BCUT2D eigenvalue weighted by molar-refractivity contribution is 0.603. The first-order valence-corrected chi connectivity index (χ1v) is 5.00. The van der Waals surface area contributed by atoms with Crippen LogP contribution in [-0.4, -0.2) is 31.6 Å². The Kier molecular flexibility index (Phi) is 4.02. The first kappa shape index (κ1) is 10.3. The zero-order chi connectivity index (χ0) is 9.68. The van der Waals surface area contributed by atoms with Crippen LogP contribution in [-0.2, 0) is 0 Å². The van der Waals surface area contributed by atoms with Gasteiger partial charge >= 0.3 is 0 Å². The average molecular weight is 184 g/mol. The standard InChI is InChI=1S/C9H20N4/c1-3-12-9(11-2)13-8-5-4-7(10)6-8/h7-8H,3-6,10H2,1-2H3,(H2,11,12,13)/t7-,8-/m0/s1. The maximum atomic E-state index is 5.82. The Balaban J connectivity index is 2.34. The summed E-state index contributed by atoms with van der Waals surface area (Å²) in [6.45, 7) is 2.83. The fraction of sp³-hybridized carbons (Fsp3) is 0.889. The molecular weight excluding hydrogens is 164 g/mol. The van der Waals surface area contributed by atoms with Crippen LogP contribution in [0.15, 0.2) is 4.99 Å². The van der Waals surface area contributed by atoms with Crippen molar-refractivity contribution in [3.8, 4) is 0 Å². The van der Waals surface area contributed by atoms with Crippen LogP contribution in [0.4, 0.5) is 0 Å². The van der Waals surface area contributed by atoms with E-state index in [-0.39, 0.29) is 0 Å². The van der Waals surface area contributed by atoms with Gasteiger partial charge in [-0.1, -0.05) is 0 Å². The Labute approximate surface area is 80.0 Å². The van der Waals surface area contributed by atoms with Crippen LogP contribution >= 0.6 is 0 Å². The molecule has 0 aromatic carbocycles. The second-order valence-electron chi connectivity index (χ2n) is 3.49. The summed E-state index contributed by atoms with van der Waals surface area (Å²) in [5.41, 5.74) is 5.82. The van der Waals surface area contributed by atoms with E-state index in [0.29, 0.717) is 12.1 Å². The highest BCUT2D eigenvalue weighted by molar-refractivity contribution is 5.79. The van der Waals surface area contributed by atoms with E-state index in [2.05, 4.69) is 15.6 Å².